The van der Waals surface area contributed by atoms with Crippen molar-refractivity contribution in [3.05, 3.63) is 35.6 Å². The van der Waals surface area contributed by atoms with E-state index in [0.717, 1.165) is 38.0 Å². The van der Waals surface area contributed by atoms with Gasteiger partial charge in [-0.1, -0.05) is 12.1 Å². The molecule has 0 spiro atoms. The van der Waals surface area contributed by atoms with Gasteiger partial charge in [0.15, 0.2) is 0 Å². The van der Waals surface area contributed by atoms with Crippen LogP contribution >= 0.6 is 0 Å². The summed E-state index contributed by atoms with van der Waals surface area (Å²) in [5.41, 5.74) is 6.84. The van der Waals surface area contributed by atoms with Crippen LogP contribution in [0.5, 0.6) is 0 Å². The lowest BCUT2D eigenvalue weighted by atomic mass is 9.94. The molecule has 1 heterocycles. The zero-order chi connectivity index (χ0) is 15.2. The molecular formula is C16H24FN3O. The Bertz CT molecular complexity index is 472. The maximum Gasteiger partial charge on any atom is 0.216 e. The average molecular weight is 293 g/mol. The summed E-state index contributed by atoms with van der Waals surface area (Å²) in [5, 5.41) is 2.88. The molecule has 116 valence electrons. The fourth-order valence-corrected chi connectivity index (χ4v) is 2.97. The van der Waals surface area contributed by atoms with Crippen molar-refractivity contribution in [2.45, 2.75) is 25.8 Å². The van der Waals surface area contributed by atoms with Crippen molar-refractivity contribution >= 4 is 5.91 Å². The molecule has 0 aliphatic carbocycles. The quantitative estimate of drug-likeness (QED) is 0.868. The molecule has 1 aromatic carbocycles. The van der Waals surface area contributed by atoms with Gasteiger partial charge in [0.2, 0.25) is 5.91 Å². The Morgan fingerprint density at radius 2 is 2.19 bits per heavy atom. The first kappa shape index (κ1) is 15.9. The Labute approximate surface area is 125 Å². The van der Waals surface area contributed by atoms with Gasteiger partial charge in [-0.3, -0.25) is 9.69 Å². The normalized spacial score (nSPS) is 18.4. The summed E-state index contributed by atoms with van der Waals surface area (Å²) in [7, 11) is 0. The third kappa shape index (κ3) is 4.51. The lowest BCUT2D eigenvalue weighted by Crippen LogP contribution is -2.42. The maximum absolute atomic E-state index is 13.4. The van der Waals surface area contributed by atoms with Gasteiger partial charge in [-0.15, -0.1) is 0 Å². The summed E-state index contributed by atoms with van der Waals surface area (Å²) in [6, 6.07) is 6.76. The second kappa shape index (κ2) is 7.52. The molecule has 1 amide bonds. The number of rotatable bonds is 5. The number of amides is 1. The molecule has 0 saturated carbocycles. The highest BCUT2D eigenvalue weighted by molar-refractivity contribution is 5.72. The van der Waals surface area contributed by atoms with Crippen molar-refractivity contribution in [3.63, 3.8) is 0 Å². The average Bonchev–Trinajstić information content (AvgIpc) is 2.47. The highest BCUT2D eigenvalue weighted by Gasteiger charge is 2.25. The number of nitrogens with one attached hydrogen (secondary N) is 1. The van der Waals surface area contributed by atoms with Crippen LogP contribution in [-0.2, 0) is 4.79 Å². The summed E-state index contributed by atoms with van der Waals surface area (Å²) in [5.74, 6) is 0.333. The summed E-state index contributed by atoms with van der Waals surface area (Å²) in [6.45, 7) is 4.64. The summed E-state index contributed by atoms with van der Waals surface area (Å²) in [4.78, 5) is 13.3. The Morgan fingerprint density at radius 3 is 2.76 bits per heavy atom. The topological polar surface area (TPSA) is 58.4 Å². The van der Waals surface area contributed by atoms with E-state index in [1.807, 2.05) is 6.07 Å². The molecule has 2 rings (SSSR count). The monoisotopic (exact) mass is 293 g/mol. The minimum atomic E-state index is -0.216. The van der Waals surface area contributed by atoms with Crippen molar-refractivity contribution in [2.75, 3.05) is 26.2 Å². The Hall–Kier alpha value is -1.46. The Kier molecular flexibility index (Phi) is 5.70. The third-order valence-corrected chi connectivity index (χ3v) is 4.19. The predicted octanol–water partition coefficient (Wildman–Crippen LogP) is 1.67. The zero-order valence-electron chi connectivity index (χ0n) is 12.5. The van der Waals surface area contributed by atoms with Gasteiger partial charge in [-0.25, -0.2) is 4.39 Å². The molecule has 21 heavy (non-hydrogen) atoms. The van der Waals surface area contributed by atoms with Crippen LogP contribution in [0.25, 0.3) is 0 Å². The number of benzene rings is 1. The number of piperidine rings is 1. The van der Waals surface area contributed by atoms with E-state index in [0.29, 0.717) is 12.5 Å². The number of carbonyl (C=O) groups is 1. The summed E-state index contributed by atoms with van der Waals surface area (Å²) in [6.07, 6.45) is 2.07. The molecule has 0 bridgehead atoms. The fourth-order valence-electron chi connectivity index (χ4n) is 2.97. The van der Waals surface area contributed by atoms with E-state index in [9.17, 15) is 9.18 Å². The van der Waals surface area contributed by atoms with E-state index in [2.05, 4.69) is 10.2 Å². The maximum atomic E-state index is 13.4. The van der Waals surface area contributed by atoms with Gasteiger partial charge in [-0.05, 0) is 49.5 Å². The number of halogens is 1. The first-order valence-corrected chi connectivity index (χ1v) is 7.54. The van der Waals surface area contributed by atoms with E-state index in [1.54, 1.807) is 19.1 Å². The van der Waals surface area contributed by atoms with E-state index in [-0.39, 0.29) is 17.8 Å². The van der Waals surface area contributed by atoms with E-state index >= 15 is 0 Å². The molecule has 1 aliphatic rings. The molecule has 0 aromatic heterocycles. The van der Waals surface area contributed by atoms with Gasteiger partial charge >= 0.3 is 0 Å². The molecule has 1 aromatic rings. The van der Waals surface area contributed by atoms with Crippen molar-refractivity contribution in [3.8, 4) is 0 Å². The van der Waals surface area contributed by atoms with E-state index in [1.165, 1.54) is 6.07 Å². The Balaban J connectivity index is 1.92. The van der Waals surface area contributed by atoms with Crippen LogP contribution in [0, 0.1) is 11.7 Å². The van der Waals surface area contributed by atoms with Gasteiger partial charge in [0, 0.05) is 26.1 Å². The molecule has 4 nitrogen and oxygen atoms in total. The minimum Gasteiger partial charge on any atom is -0.356 e. The number of hydrogen-bond donors (Lipinski definition) is 2. The molecule has 1 saturated heterocycles. The van der Waals surface area contributed by atoms with Crippen LogP contribution in [0.15, 0.2) is 24.3 Å². The van der Waals surface area contributed by atoms with E-state index in [4.69, 9.17) is 5.73 Å². The second-order valence-corrected chi connectivity index (χ2v) is 5.72. The largest absolute Gasteiger partial charge is 0.356 e. The zero-order valence-corrected chi connectivity index (χ0v) is 12.5. The lowest BCUT2D eigenvalue weighted by Gasteiger charge is -2.37. The lowest BCUT2D eigenvalue weighted by molar-refractivity contribution is -0.119. The molecule has 0 radical (unpaired) electrons. The number of hydrogen-bond acceptors (Lipinski definition) is 3. The number of carbonyl (C=O) groups excluding carboxylic acids is 1. The number of nitrogens with zero attached hydrogens (tertiary/aromatic N) is 1. The molecule has 1 atom stereocenters. The molecule has 1 unspecified atom stereocenters. The first-order valence-electron chi connectivity index (χ1n) is 7.54. The van der Waals surface area contributed by atoms with Crippen LogP contribution in [-0.4, -0.2) is 37.0 Å². The smallest absolute Gasteiger partial charge is 0.216 e. The molecule has 1 aliphatic heterocycles. The minimum absolute atomic E-state index is 0.0250. The standard InChI is InChI=1S/C16H24FN3O/c1-12(21)19-11-13-5-7-20(8-6-13)16(10-18)14-3-2-4-15(17)9-14/h2-4,9,13,16H,5-8,10-11,18H2,1H3,(H,19,21). The summed E-state index contributed by atoms with van der Waals surface area (Å²) < 4.78 is 13.4. The van der Waals surface area contributed by atoms with Crippen LogP contribution in [0.1, 0.15) is 31.4 Å². The number of nitrogens with two attached hydrogens (primary N) is 1. The fraction of sp³-hybridized carbons (Fsp3) is 0.562. The van der Waals surface area contributed by atoms with Crippen molar-refractivity contribution in [2.24, 2.45) is 11.7 Å². The van der Waals surface area contributed by atoms with Gasteiger partial charge in [-0.2, -0.15) is 0 Å². The van der Waals surface area contributed by atoms with Crippen molar-refractivity contribution in [1.82, 2.24) is 10.2 Å². The summed E-state index contributed by atoms with van der Waals surface area (Å²) >= 11 is 0. The second-order valence-electron chi connectivity index (χ2n) is 5.72. The van der Waals surface area contributed by atoms with Crippen LogP contribution < -0.4 is 11.1 Å². The molecule has 1 fully saturated rings. The SMILES string of the molecule is CC(=O)NCC1CCN(C(CN)c2cccc(F)c2)CC1. The van der Waals surface area contributed by atoms with Gasteiger partial charge in [0.1, 0.15) is 5.82 Å². The van der Waals surface area contributed by atoms with Gasteiger partial charge < -0.3 is 11.1 Å². The van der Waals surface area contributed by atoms with Gasteiger partial charge in [0.25, 0.3) is 0 Å². The first-order chi connectivity index (χ1) is 10.1. The van der Waals surface area contributed by atoms with Crippen LogP contribution in [0.4, 0.5) is 4.39 Å². The molecular weight excluding hydrogens is 269 g/mol. The molecule has 5 heteroatoms. The van der Waals surface area contributed by atoms with Crippen molar-refractivity contribution in [1.29, 1.82) is 0 Å². The van der Waals surface area contributed by atoms with Gasteiger partial charge in [0.05, 0.1) is 0 Å². The third-order valence-electron chi connectivity index (χ3n) is 4.19. The van der Waals surface area contributed by atoms with Crippen molar-refractivity contribution < 1.29 is 9.18 Å². The predicted molar refractivity (Wildman–Crippen MR) is 81.2 cm³/mol. The molecule has 3 N–H and O–H groups in total. The van der Waals surface area contributed by atoms with Crippen LogP contribution in [0.2, 0.25) is 0 Å². The highest BCUT2D eigenvalue weighted by atomic mass is 19.1. The van der Waals surface area contributed by atoms with Crippen LogP contribution in [0.3, 0.4) is 0 Å². The Morgan fingerprint density at radius 1 is 1.48 bits per heavy atom. The number of likely N-dealkylation sites (tertiary alicyclic amines) is 1. The highest BCUT2D eigenvalue weighted by Crippen LogP contribution is 2.26. The van der Waals surface area contributed by atoms with E-state index < -0.39 is 0 Å².